The molecule has 0 bridgehead atoms. The van der Waals surface area contributed by atoms with Gasteiger partial charge in [0.05, 0.1) is 11.6 Å². The summed E-state index contributed by atoms with van der Waals surface area (Å²) in [7, 11) is 0. The smallest absolute Gasteiger partial charge is 0.0998 e. The molecule has 0 atom stereocenters. The Morgan fingerprint density at radius 3 is 2.88 bits per heavy atom. The summed E-state index contributed by atoms with van der Waals surface area (Å²) in [5, 5.41) is 13.5. The summed E-state index contributed by atoms with van der Waals surface area (Å²) < 4.78 is 2.19. The summed E-state index contributed by atoms with van der Waals surface area (Å²) in [4.78, 5) is 0. The molecule has 0 spiro atoms. The number of benzene rings is 1. The van der Waals surface area contributed by atoms with Crippen molar-refractivity contribution in [1.82, 2.24) is 9.88 Å². The Morgan fingerprint density at radius 2 is 2.18 bits per heavy atom. The average molecular weight is 227 g/mol. The molecule has 1 aromatic heterocycles. The lowest BCUT2D eigenvalue weighted by molar-refractivity contribution is 0.548. The van der Waals surface area contributed by atoms with Crippen LogP contribution in [0.15, 0.2) is 30.5 Å². The number of aromatic nitrogens is 1. The van der Waals surface area contributed by atoms with Gasteiger partial charge < -0.3 is 9.88 Å². The molecule has 3 nitrogen and oxygen atoms in total. The van der Waals surface area contributed by atoms with E-state index < -0.39 is 0 Å². The van der Waals surface area contributed by atoms with Gasteiger partial charge in [0.2, 0.25) is 0 Å². The highest BCUT2D eigenvalue weighted by molar-refractivity contribution is 5.85. The van der Waals surface area contributed by atoms with Gasteiger partial charge in [0.25, 0.3) is 0 Å². The van der Waals surface area contributed by atoms with Gasteiger partial charge in [0.1, 0.15) is 0 Å². The molecule has 0 saturated heterocycles. The van der Waals surface area contributed by atoms with Gasteiger partial charge in [-0.05, 0) is 18.2 Å². The van der Waals surface area contributed by atoms with E-state index in [2.05, 4.69) is 35.9 Å². The fourth-order valence-electron chi connectivity index (χ4n) is 1.99. The van der Waals surface area contributed by atoms with E-state index in [1.807, 2.05) is 24.4 Å². The van der Waals surface area contributed by atoms with Crippen molar-refractivity contribution >= 4 is 10.9 Å². The number of fused-ring (bicyclic) bond motifs is 1. The van der Waals surface area contributed by atoms with Gasteiger partial charge in [-0.1, -0.05) is 19.9 Å². The molecule has 17 heavy (non-hydrogen) atoms. The Balaban J connectivity index is 2.22. The zero-order valence-corrected chi connectivity index (χ0v) is 10.3. The van der Waals surface area contributed by atoms with Crippen molar-refractivity contribution in [1.29, 1.82) is 5.26 Å². The Labute approximate surface area is 102 Å². The number of hydrogen-bond donors (Lipinski definition) is 1. The van der Waals surface area contributed by atoms with Crippen LogP contribution < -0.4 is 5.32 Å². The molecular formula is C14H17N3. The van der Waals surface area contributed by atoms with Crippen molar-refractivity contribution in [3.63, 3.8) is 0 Å². The summed E-state index contributed by atoms with van der Waals surface area (Å²) in [6.07, 6.45) is 2.05. The van der Waals surface area contributed by atoms with E-state index in [-0.39, 0.29) is 0 Å². The number of nitrogens with zero attached hydrogens (tertiary/aromatic N) is 2. The fraction of sp³-hybridized carbons (Fsp3) is 0.357. The molecule has 2 rings (SSSR count). The number of nitrogens with one attached hydrogen (secondary N) is 1. The standard InChI is InChI=1S/C14H17N3/c1-11(2)16-7-9-17-8-6-13-12(10-15)4-3-5-14(13)17/h3-6,8,11,16H,7,9H2,1-2H3. The van der Waals surface area contributed by atoms with Crippen LogP contribution in [0.3, 0.4) is 0 Å². The molecule has 0 unspecified atom stereocenters. The van der Waals surface area contributed by atoms with Gasteiger partial charge in [0, 0.05) is 36.2 Å². The van der Waals surface area contributed by atoms with Crippen LogP contribution in [0, 0.1) is 11.3 Å². The second kappa shape index (κ2) is 5.03. The molecule has 1 aromatic carbocycles. The molecule has 1 heterocycles. The van der Waals surface area contributed by atoms with Crippen molar-refractivity contribution in [2.24, 2.45) is 0 Å². The van der Waals surface area contributed by atoms with E-state index in [9.17, 15) is 0 Å². The SMILES string of the molecule is CC(C)NCCn1ccc2c(C#N)cccc21. The predicted molar refractivity (Wildman–Crippen MR) is 69.8 cm³/mol. The molecule has 0 amide bonds. The van der Waals surface area contributed by atoms with E-state index in [0.717, 1.165) is 29.6 Å². The van der Waals surface area contributed by atoms with E-state index in [0.29, 0.717) is 6.04 Å². The van der Waals surface area contributed by atoms with Crippen molar-refractivity contribution in [2.75, 3.05) is 6.54 Å². The number of rotatable bonds is 4. The normalized spacial score (nSPS) is 10.9. The van der Waals surface area contributed by atoms with Crippen molar-refractivity contribution < 1.29 is 0 Å². The van der Waals surface area contributed by atoms with Gasteiger partial charge in [0.15, 0.2) is 0 Å². The molecule has 0 saturated carbocycles. The summed E-state index contributed by atoms with van der Waals surface area (Å²) in [6.45, 7) is 6.15. The first-order valence-electron chi connectivity index (χ1n) is 5.93. The minimum absolute atomic E-state index is 0.506. The maximum Gasteiger partial charge on any atom is 0.0998 e. The summed E-state index contributed by atoms with van der Waals surface area (Å²) in [6, 6.07) is 10.6. The van der Waals surface area contributed by atoms with Crippen molar-refractivity contribution in [3.8, 4) is 6.07 Å². The Hall–Kier alpha value is -1.79. The first-order chi connectivity index (χ1) is 8.22. The Kier molecular flexibility index (Phi) is 3.46. The van der Waals surface area contributed by atoms with E-state index in [4.69, 9.17) is 5.26 Å². The number of hydrogen-bond acceptors (Lipinski definition) is 2. The molecule has 0 aliphatic heterocycles. The first kappa shape index (κ1) is 11.7. The van der Waals surface area contributed by atoms with Gasteiger partial charge >= 0.3 is 0 Å². The molecule has 0 aliphatic carbocycles. The number of nitriles is 1. The van der Waals surface area contributed by atoms with Crippen LogP contribution in [0.25, 0.3) is 10.9 Å². The Morgan fingerprint density at radius 1 is 1.35 bits per heavy atom. The molecule has 0 radical (unpaired) electrons. The quantitative estimate of drug-likeness (QED) is 0.872. The highest BCUT2D eigenvalue weighted by atomic mass is 15.0. The zero-order chi connectivity index (χ0) is 12.3. The summed E-state index contributed by atoms with van der Waals surface area (Å²) >= 11 is 0. The van der Waals surface area contributed by atoms with Crippen LogP contribution in [0.2, 0.25) is 0 Å². The van der Waals surface area contributed by atoms with Gasteiger partial charge in [-0.25, -0.2) is 0 Å². The van der Waals surface area contributed by atoms with Gasteiger partial charge in [-0.2, -0.15) is 5.26 Å². The molecule has 1 N–H and O–H groups in total. The van der Waals surface area contributed by atoms with Crippen molar-refractivity contribution in [2.45, 2.75) is 26.4 Å². The maximum absolute atomic E-state index is 9.02. The minimum Gasteiger partial charge on any atom is -0.346 e. The summed E-state index contributed by atoms with van der Waals surface area (Å²) in [5.41, 5.74) is 1.88. The average Bonchev–Trinajstić information content (AvgIpc) is 2.72. The first-order valence-corrected chi connectivity index (χ1v) is 5.93. The molecule has 0 aliphatic rings. The second-order valence-corrected chi connectivity index (χ2v) is 4.47. The summed E-state index contributed by atoms with van der Waals surface area (Å²) in [5.74, 6) is 0. The van der Waals surface area contributed by atoms with Crippen LogP contribution in [0.1, 0.15) is 19.4 Å². The molecule has 2 aromatic rings. The molecular weight excluding hydrogens is 210 g/mol. The topological polar surface area (TPSA) is 40.8 Å². The van der Waals surface area contributed by atoms with Crippen LogP contribution in [-0.2, 0) is 6.54 Å². The van der Waals surface area contributed by atoms with Gasteiger partial charge in [-0.15, -0.1) is 0 Å². The third-order valence-corrected chi connectivity index (χ3v) is 2.84. The highest BCUT2D eigenvalue weighted by Gasteiger charge is 2.04. The third-order valence-electron chi connectivity index (χ3n) is 2.84. The van der Waals surface area contributed by atoms with Crippen LogP contribution >= 0.6 is 0 Å². The minimum atomic E-state index is 0.506. The zero-order valence-electron chi connectivity index (χ0n) is 10.3. The third kappa shape index (κ3) is 2.48. The lowest BCUT2D eigenvalue weighted by atomic mass is 10.1. The fourth-order valence-corrected chi connectivity index (χ4v) is 1.99. The molecule has 88 valence electrons. The lowest BCUT2D eigenvalue weighted by Gasteiger charge is -2.09. The molecule has 3 heteroatoms. The van der Waals surface area contributed by atoms with Crippen molar-refractivity contribution in [3.05, 3.63) is 36.0 Å². The molecule has 0 fully saturated rings. The Bertz CT molecular complexity index is 546. The van der Waals surface area contributed by atoms with Crippen LogP contribution in [0.5, 0.6) is 0 Å². The van der Waals surface area contributed by atoms with E-state index in [1.54, 1.807) is 0 Å². The second-order valence-electron chi connectivity index (χ2n) is 4.47. The van der Waals surface area contributed by atoms with Gasteiger partial charge in [-0.3, -0.25) is 0 Å². The largest absolute Gasteiger partial charge is 0.346 e. The van der Waals surface area contributed by atoms with E-state index >= 15 is 0 Å². The van der Waals surface area contributed by atoms with Crippen LogP contribution in [-0.4, -0.2) is 17.2 Å². The lowest BCUT2D eigenvalue weighted by Crippen LogP contribution is -2.26. The van der Waals surface area contributed by atoms with Crippen LogP contribution in [0.4, 0.5) is 0 Å². The maximum atomic E-state index is 9.02. The monoisotopic (exact) mass is 227 g/mol. The van der Waals surface area contributed by atoms with E-state index in [1.165, 1.54) is 0 Å². The highest BCUT2D eigenvalue weighted by Crippen LogP contribution is 2.19. The predicted octanol–water partition coefficient (Wildman–Crippen LogP) is 2.51.